The summed E-state index contributed by atoms with van der Waals surface area (Å²) in [4.78, 5) is 12.3. The molecule has 1 heterocycles. The number of rotatable bonds is 4. The van der Waals surface area contributed by atoms with Crippen LogP contribution in [-0.2, 0) is 4.79 Å². The molecule has 2 unspecified atom stereocenters. The minimum atomic E-state index is -0.0884. The van der Waals surface area contributed by atoms with E-state index in [9.17, 15) is 4.79 Å². The first-order valence-corrected chi connectivity index (χ1v) is 7.81. The van der Waals surface area contributed by atoms with Crippen LogP contribution in [0.5, 0.6) is 5.75 Å². The molecule has 1 saturated heterocycles. The van der Waals surface area contributed by atoms with Gasteiger partial charge in [-0.05, 0) is 59.4 Å². The summed E-state index contributed by atoms with van der Waals surface area (Å²) < 4.78 is 6.01. The zero-order valence-corrected chi connectivity index (χ0v) is 13.5. The molecule has 0 radical (unpaired) electrons. The summed E-state index contributed by atoms with van der Waals surface area (Å²) in [5.41, 5.74) is 0.781. The van der Waals surface area contributed by atoms with Crippen LogP contribution in [0.2, 0.25) is 0 Å². The molecule has 0 saturated carbocycles. The summed E-state index contributed by atoms with van der Waals surface area (Å²) in [6, 6.07) is 5.45. The Kier molecular flexibility index (Phi) is 5.43. The van der Waals surface area contributed by atoms with Gasteiger partial charge >= 0.3 is 0 Å². The summed E-state index contributed by atoms with van der Waals surface area (Å²) in [7, 11) is 1.62. The molecule has 2 rings (SSSR count). The van der Waals surface area contributed by atoms with Gasteiger partial charge in [0.2, 0.25) is 5.91 Å². The van der Waals surface area contributed by atoms with Crippen molar-refractivity contribution in [3.8, 4) is 5.75 Å². The Morgan fingerprint density at radius 3 is 3.00 bits per heavy atom. The molecule has 0 spiro atoms. The van der Waals surface area contributed by atoms with Crippen molar-refractivity contribution in [3.63, 3.8) is 0 Å². The van der Waals surface area contributed by atoms with E-state index in [0.717, 1.165) is 41.7 Å². The van der Waals surface area contributed by atoms with Gasteiger partial charge in [0.05, 0.1) is 17.6 Å². The predicted molar refractivity (Wildman–Crippen MR) is 84.1 cm³/mol. The maximum absolute atomic E-state index is 12.3. The normalized spacial score (nSPS) is 22.4. The van der Waals surface area contributed by atoms with Crippen molar-refractivity contribution < 1.29 is 9.53 Å². The van der Waals surface area contributed by atoms with Crippen molar-refractivity contribution in [1.29, 1.82) is 0 Å². The van der Waals surface area contributed by atoms with Crippen LogP contribution < -0.4 is 15.4 Å². The monoisotopic (exact) mass is 340 g/mol. The molecule has 1 aromatic rings. The quantitative estimate of drug-likeness (QED) is 0.884. The second kappa shape index (κ2) is 7.09. The molecule has 1 aliphatic heterocycles. The molecule has 4 nitrogen and oxygen atoms in total. The standard InChI is InChI=1S/C15H21BrN2O2/c1-3-10-6-7-17-13(8-10)15(19)18-11-4-5-14(20-2)12(16)9-11/h4-5,9-10,13,17H,3,6-8H2,1-2H3,(H,18,19). The number of piperidine rings is 1. The van der Waals surface area contributed by atoms with Crippen LogP contribution in [0.25, 0.3) is 0 Å². The number of benzene rings is 1. The number of ether oxygens (including phenoxy) is 1. The number of hydrogen-bond donors (Lipinski definition) is 2. The van der Waals surface area contributed by atoms with Gasteiger partial charge < -0.3 is 15.4 Å². The molecule has 1 fully saturated rings. The first-order chi connectivity index (χ1) is 9.63. The molecule has 2 atom stereocenters. The van der Waals surface area contributed by atoms with E-state index >= 15 is 0 Å². The Morgan fingerprint density at radius 1 is 1.55 bits per heavy atom. The number of hydrogen-bond acceptors (Lipinski definition) is 3. The van der Waals surface area contributed by atoms with Crippen molar-refractivity contribution in [3.05, 3.63) is 22.7 Å². The topological polar surface area (TPSA) is 50.4 Å². The van der Waals surface area contributed by atoms with Crippen molar-refractivity contribution in [2.24, 2.45) is 5.92 Å². The van der Waals surface area contributed by atoms with Gasteiger partial charge in [-0.3, -0.25) is 4.79 Å². The van der Waals surface area contributed by atoms with E-state index in [1.807, 2.05) is 18.2 Å². The fourth-order valence-electron chi connectivity index (χ4n) is 2.54. The largest absolute Gasteiger partial charge is 0.496 e. The Balaban J connectivity index is 1.98. The number of carbonyl (C=O) groups excluding carboxylic acids is 1. The lowest BCUT2D eigenvalue weighted by Crippen LogP contribution is -2.46. The predicted octanol–water partition coefficient (Wildman–Crippen LogP) is 3.17. The Hall–Kier alpha value is -1.07. The number of carbonyl (C=O) groups is 1. The number of amides is 1. The zero-order chi connectivity index (χ0) is 14.5. The highest BCUT2D eigenvalue weighted by atomic mass is 79.9. The third kappa shape index (κ3) is 3.73. The maximum atomic E-state index is 12.3. The lowest BCUT2D eigenvalue weighted by molar-refractivity contribution is -0.119. The zero-order valence-electron chi connectivity index (χ0n) is 11.9. The highest BCUT2D eigenvalue weighted by Crippen LogP contribution is 2.28. The molecule has 110 valence electrons. The molecule has 1 aromatic carbocycles. The van der Waals surface area contributed by atoms with Gasteiger partial charge in [-0.1, -0.05) is 13.3 Å². The highest BCUT2D eigenvalue weighted by Gasteiger charge is 2.25. The molecule has 0 aromatic heterocycles. The highest BCUT2D eigenvalue weighted by molar-refractivity contribution is 9.10. The van der Waals surface area contributed by atoms with Gasteiger partial charge in [0.15, 0.2) is 0 Å². The number of methoxy groups -OCH3 is 1. The van der Waals surface area contributed by atoms with E-state index in [-0.39, 0.29) is 11.9 Å². The van der Waals surface area contributed by atoms with Crippen LogP contribution in [0.1, 0.15) is 26.2 Å². The summed E-state index contributed by atoms with van der Waals surface area (Å²) in [5.74, 6) is 1.44. The van der Waals surface area contributed by atoms with Gasteiger partial charge in [0.1, 0.15) is 5.75 Å². The van der Waals surface area contributed by atoms with E-state index in [1.165, 1.54) is 0 Å². The third-order valence-electron chi connectivity index (χ3n) is 3.83. The second-order valence-corrected chi connectivity index (χ2v) is 6.00. The molecular weight excluding hydrogens is 320 g/mol. The van der Waals surface area contributed by atoms with E-state index in [1.54, 1.807) is 7.11 Å². The van der Waals surface area contributed by atoms with Crippen LogP contribution in [-0.4, -0.2) is 25.6 Å². The van der Waals surface area contributed by atoms with E-state index in [2.05, 4.69) is 33.5 Å². The van der Waals surface area contributed by atoms with Crippen LogP contribution >= 0.6 is 15.9 Å². The Labute approximate surface area is 128 Å². The fraction of sp³-hybridized carbons (Fsp3) is 0.533. The number of halogens is 1. The van der Waals surface area contributed by atoms with Gasteiger partial charge in [-0.15, -0.1) is 0 Å². The van der Waals surface area contributed by atoms with Crippen molar-refractivity contribution in [2.75, 3.05) is 19.0 Å². The van der Waals surface area contributed by atoms with Crippen molar-refractivity contribution >= 4 is 27.5 Å². The Bertz CT molecular complexity index is 479. The summed E-state index contributed by atoms with van der Waals surface area (Å²) in [5, 5.41) is 6.25. The molecule has 1 amide bonds. The third-order valence-corrected chi connectivity index (χ3v) is 4.45. The van der Waals surface area contributed by atoms with Crippen molar-refractivity contribution in [1.82, 2.24) is 5.32 Å². The van der Waals surface area contributed by atoms with Crippen LogP contribution in [0.4, 0.5) is 5.69 Å². The molecule has 0 bridgehead atoms. The number of nitrogens with one attached hydrogen (secondary N) is 2. The molecule has 2 N–H and O–H groups in total. The lowest BCUT2D eigenvalue weighted by Gasteiger charge is -2.28. The molecular formula is C15H21BrN2O2. The van der Waals surface area contributed by atoms with E-state index in [0.29, 0.717) is 5.92 Å². The second-order valence-electron chi connectivity index (χ2n) is 5.14. The summed E-state index contributed by atoms with van der Waals surface area (Å²) in [6.07, 6.45) is 3.22. The minimum Gasteiger partial charge on any atom is -0.496 e. The van der Waals surface area contributed by atoms with Crippen LogP contribution in [0.15, 0.2) is 22.7 Å². The average Bonchev–Trinajstić information content (AvgIpc) is 2.47. The molecule has 5 heteroatoms. The first-order valence-electron chi connectivity index (χ1n) is 7.01. The van der Waals surface area contributed by atoms with Crippen molar-refractivity contribution in [2.45, 2.75) is 32.2 Å². The van der Waals surface area contributed by atoms with Crippen LogP contribution in [0, 0.1) is 5.92 Å². The van der Waals surface area contributed by atoms with E-state index in [4.69, 9.17) is 4.74 Å². The molecule has 0 aliphatic carbocycles. The molecule has 1 aliphatic rings. The fourth-order valence-corrected chi connectivity index (χ4v) is 3.08. The van der Waals surface area contributed by atoms with Gasteiger partial charge in [-0.2, -0.15) is 0 Å². The minimum absolute atomic E-state index is 0.0419. The van der Waals surface area contributed by atoms with Gasteiger partial charge in [0.25, 0.3) is 0 Å². The number of anilines is 1. The molecule has 20 heavy (non-hydrogen) atoms. The average molecular weight is 341 g/mol. The maximum Gasteiger partial charge on any atom is 0.241 e. The lowest BCUT2D eigenvalue weighted by atomic mass is 9.90. The van der Waals surface area contributed by atoms with Gasteiger partial charge in [0, 0.05) is 5.69 Å². The first kappa shape index (κ1) is 15.3. The SMILES string of the molecule is CCC1CCNC(C(=O)Nc2ccc(OC)c(Br)c2)C1. The Morgan fingerprint density at radius 2 is 2.35 bits per heavy atom. The summed E-state index contributed by atoms with van der Waals surface area (Å²) in [6.45, 7) is 3.11. The smallest absolute Gasteiger partial charge is 0.241 e. The van der Waals surface area contributed by atoms with Crippen LogP contribution in [0.3, 0.4) is 0 Å². The van der Waals surface area contributed by atoms with Gasteiger partial charge in [-0.25, -0.2) is 0 Å². The summed E-state index contributed by atoms with van der Waals surface area (Å²) >= 11 is 3.42. The van der Waals surface area contributed by atoms with E-state index < -0.39 is 0 Å².